The Morgan fingerprint density at radius 3 is 2.50 bits per heavy atom. The molecule has 1 unspecified atom stereocenters. The summed E-state index contributed by atoms with van der Waals surface area (Å²) in [5.41, 5.74) is 3.06. The van der Waals surface area contributed by atoms with Gasteiger partial charge in [0.2, 0.25) is 0 Å². The largest absolute Gasteiger partial charge is 0.465 e. The van der Waals surface area contributed by atoms with Gasteiger partial charge in [0.15, 0.2) is 10.6 Å². The Bertz CT molecular complexity index is 961. The molecule has 0 aliphatic heterocycles. The summed E-state index contributed by atoms with van der Waals surface area (Å²) in [6.07, 6.45) is 1.68. The van der Waals surface area contributed by atoms with Crippen molar-refractivity contribution in [2.45, 2.75) is 46.5 Å². The van der Waals surface area contributed by atoms with Crippen LogP contribution in [0.4, 0.5) is 0 Å². The number of hydrogen-bond donors (Lipinski definition) is 2. The van der Waals surface area contributed by atoms with E-state index in [1.54, 1.807) is 13.8 Å². The maximum atomic E-state index is 12.6. The number of ketones is 1. The van der Waals surface area contributed by atoms with E-state index in [4.69, 9.17) is 17.0 Å². The van der Waals surface area contributed by atoms with Gasteiger partial charge in [0, 0.05) is 24.1 Å². The standard InChI is InChI=1S/C21H26N2O4S/c1-4-15-17(22-21(28)23-19(15)25)11-13-8-7-9-14(10-13)12-18(24)16(5-2)20(26)27-6-3/h7-10,16H,4-6,11-12H2,1-3H3,(H2,22,23,25,28). The Kier molecular flexibility index (Phi) is 7.87. The molecule has 1 aromatic carbocycles. The van der Waals surface area contributed by atoms with Crippen molar-refractivity contribution in [1.29, 1.82) is 0 Å². The Hall–Kier alpha value is -2.54. The quantitative estimate of drug-likeness (QED) is 0.381. The minimum absolute atomic E-state index is 0.150. The average molecular weight is 403 g/mol. The highest BCUT2D eigenvalue weighted by Crippen LogP contribution is 2.16. The molecule has 2 aromatic rings. The number of carbonyl (C=O) groups is 2. The van der Waals surface area contributed by atoms with Gasteiger partial charge in [-0.05, 0) is 43.1 Å². The number of ether oxygens (including phenoxy) is 1. The van der Waals surface area contributed by atoms with E-state index in [0.717, 1.165) is 16.8 Å². The summed E-state index contributed by atoms with van der Waals surface area (Å²) in [7, 11) is 0. The van der Waals surface area contributed by atoms with Crippen molar-refractivity contribution in [2.24, 2.45) is 5.92 Å². The molecule has 0 aliphatic carbocycles. The first kappa shape index (κ1) is 21.8. The molecule has 0 bridgehead atoms. The Labute approximate surface area is 169 Å². The van der Waals surface area contributed by atoms with Gasteiger partial charge in [0.25, 0.3) is 5.56 Å². The number of esters is 1. The molecule has 1 heterocycles. The summed E-state index contributed by atoms with van der Waals surface area (Å²) in [5.74, 6) is -1.35. The van der Waals surface area contributed by atoms with Gasteiger partial charge in [0.1, 0.15) is 5.92 Å². The van der Waals surface area contributed by atoms with Gasteiger partial charge >= 0.3 is 5.97 Å². The summed E-state index contributed by atoms with van der Waals surface area (Å²) in [5, 5.41) is 0. The van der Waals surface area contributed by atoms with Crippen LogP contribution in [0, 0.1) is 10.7 Å². The lowest BCUT2D eigenvalue weighted by Crippen LogP contribution is -2.27. The normalized spacial score (nSPS) is 11.8. The minimum atomic E-state index is -0.737. The van der Waals surface area contributed by atoms with Gasteiger partial charge in [-0.2, -0.15) is 0 Å². The van der Waals surface area contributed by atoms with Crippen molar-refractivity contribution in [3.05, 3.63) is 61.8 Å². The smallest absolute Gasteiger partial charge is 0.316 e. The van der Waals surface area contributed by atoms with Gasteiger partial charge in [-0.15, -0.1) is 0 Å². The zero-order chi connectivity index (χ0) is 20.7. The first-order chi connectivity index (χ1) is 13.4. The van der Waals surface area contributed by atoms with Crippen LogP contribution in [0.2, 0.25) is 0 Å². The van der Waals surface area contributed by atoms with Crippen LogP contribution >= 0.6 is 12.2 Å². The maximum absolute atomic E-state index is 12.6. The zero-order valence-electron chi connectivity index (χ0n) is 16.5. The number of hydrogen-bond acceptors (Lipinski definition) is 5. The fourth-order valence-electron chi connectivity index (χ4n) is 3.23. The Balaban J connectivity index is 2.21. The second kappa shape index (κ2) is 10.1. The molecule has 6 nitrogen and oxygen atoms in total. The highest BCUT2D eigenvalue weighted by atomic mass is 32.1. The molecule has 7 heteroatoms. The molecule has 0 radical (unpaired) electrons. The lowest BCUT2D eigenvalue weighted by Gasteiger charge is -2.13. The summed E-state index contributed by atoms with van der Waals surface area (Å²) in [4.78, 5) is 42.3. The molecule has 0 saturated heterocycles. The minimum Gasteiger partial charge on any atom is -0.465 e. The van der Waals surface area contributed by atoms with Crippen LogP contribution < -0.4 is 5.56 Å². The van der Waals surface area contributed by atoms with E-state index in [9.17, 15) is 14.4 Å². The van der Waals surface area contributed by atoms with Crippen LogP contribution in [0.25, 0.3) is 0 Å². The Morgan fingerprint density at radius 2 is 1.86 bits per heavy atom. The molecule has 0 saturated carbocycles. The van der Waals surface area contributed by atoms with Crippen LogP contribution in [-0.4, -0.2) is 28.3 Å². The summed E-state index contributed by atoms with van der Waals surface area (Å²) >= 11 is 5.08. The van der Waals surface area contributed by atoms with Crippen molar-refractivity contribution >= 4 is 24.0 Å². The van der Waals surface area contributed by atoms with Crippen LogP contribution in [-0.2, 0) is 33.6 Å². The maximum Gasteiger partial charge on any atom is 0.316 e. The molecular weight excluding hydrogens is 376 g/mol. The van der Waals surface area contributed by atoms with E-state index in [2.05, 4.69) is 9.97 Å². The third-order valence-electron chi connectivity index (χ3n) is 4.60. The van der Waals surface area contributed by atoms with E-state index >= 15 is 0 Å². The summed E-state index contributed by atoms with van der Waals surface area (Å²) in [6, 6.07) is 7.60. The highest BCUT2D eigenvalue weighted by molar-refractivity contribution is 7.71. The lowest BCUT2D eigenvalue weighted by molar-refractivity contribution is -0.151. The summed E-state index contributed by atoms with van der Waals surface area (Å²) in [6.45, 7) is 5.70. The zero-order valence-corrected chi connectivity index (χ0v) is 17.3. The molecule has 0 amide bonds. The van der Waals surface area contributed by atoms with E-state index in [-0.39, 0.29) is 24.4 Å². The van der Waals surface area contributed by atoms with Crippen LogP contribution in [0.5, 0.6) is 0 Å². The monoisotopic (exact) mass is 402 g/mol. The SMILES string of the molecule is CCOC(=O)C(CC)C(=O)Cc1cccc(Cc2[nH]c(=S)[nH]c(=O)c2CC)c1. The first-order valence-electron chi connectivity index (χ1n) is 9.51. The number of benzene rings is 1. The van der Waals surface area contributed by atoms with Crippen molar-refractivity contribution in [3.8, 4) is 0 Å². The molecule has 0 aliphatic rings. The fourth-order valence-corrected chi connectivity index (χ4v) is 3.45. The fraction of sp³-hybridized carbons (Fsp3) is 0.429. The molecule has 0 spiro atoms. The molecule has 1 atom stereocenters. The lowest BCUT2D eigenvalue weighted by atomic mass is 9.94. The third-order valence-corrected chi connectivity index (χ3v) is 4.81. The number of aromatic amines is 2. The third kappa shape index (κ3) is 5.48. The molecule has 2 rings (SSSR count). The Morgan fingerprint density at radius 1 is 1.14 bits per heavy atom. The number of carbonyl (C=O) groups excluding carboxylic acids is 2. The number of H-pyrrole nitrogens is 2. The molecule has 150 valence electrons. The predicted octanol–water partition coefficient (Wildman–Crippen LogP) is 3.29. The van der Waals surface area contributed by atoms with Gasteiger partial charge in [-0.1, -0.05) is 38.1 Å². The van der Waals surface area contributed by atoms with E-state index < -0.39 is 11.9 Å². The van der Waals surface area contributed by atoms with Gasteiger partial charge < -0.3 is 9.72 Å². The topological polar surface area (TPSA) is 92.0 Å². The number of rotatable bonds is 9. The first-order valence-corrected chi connectivity index (χ1v) is 9.91. The van der Waals surface area contributed by atoms with Gasteiger partial charge in [-0.25, -0.2) is 0 Å². The van der Waals surface area contributed by atoms with Crippen molar-refractivity contribution < 1.29 is 14.3 Å². The molecule has 2 N–H and O–H groups in total. The van der Waals surface area contributed by atoms with Crippen molar-refractivity contribution in [3.63, 3.8) is 0 Å². The molecule has 0 fully saturated rings. The second-order valence-electron chi connectivity index (χ2n) is 6.57. The van der Waals surface area contributed by atoms with Crippen LogP contribution in [0.15, 0.2) is 29.1 Å². The molecule has 28 heavy (non-hydrogen) atoms. The highest BCUT2D eigenvalue weighted by Gasteiger charge is 2.25. The van der Waals surface area contributed by atoms with Crippen molar-refractivity contribution in [1.82, 2.24) is 9.97 Å². The number of aromatic nitrogens is 2. The average Bonchev–Trinajstić information content (AvgIpc) is 2.62. The number of Topliss-reactive ketones (excluding diaryl/α,β-unsaturated/α-hetero) is 1. The van der Waals surface area contributed by atoms with E-state index in [1.165, 1.54) is 0 Å². The van der Waals surface area contributed by atoms with Crippen molar-refractivity contribution in [2.75, 3.05) is 6.61 Å². The second-order valence-corrected chi connectivity index (χ2v) is 6.98. The van der Waals surface area contributed by atoms with E-state index in [0.29, 0.717) is 29.6 Å². The van der Waals surface area contributed by atoms with Gasteiger partial charge in [0.05, 0.1) is 6.61 Å². The van der Waals surface area contributed by atoms with Crippen LogP contribution in [0.3, 0.4) is 0 Å². The molecular formula is C21H26N2O4S. The van der Waals surface area contributed by atoms with Crippen LogP contribution in [0.1, 0.15) is 49.6 Å². The number of nitrogens with one attached hydrogen (secondary N) is 2. The predicted molar refractivity (Wildman–Crippen MR) is 110 cm³/mol. The summed E-state index contributed by atoms with van der Waals surface area (Å²) < 4.78 is 5.29. The molecule has 1 aromatic heterocycles. The van der Waals surface area contributed by atoms with Gasteiger partial charge in [-0.3, -0.25) is 19.4 Å². The van der Waals surface area contributed by atoms with E-state index in [1.807, 2.05) is 31.2 Å².